The van der Waals surface area contributed by atoms with Crippen molar-refractivity contribution < 1.29 is 41.9 Å². The molecule has 4 rings (SSSR count). The zero-order valence-electron chi connectivity index (χ0n) is 15.8. The normalized spacial score (nSPS) is 25.8. The number of carbonyl (C=O) groups is 3. The molecule has 0 aliphatic carbocycles. The predicted molar refractivity (Wildman–Crippen MR) is 100 cm³/mol. The average molecular weight is 469 g/mol. The van der Waals surface area contributed by atoms with E-state index in [0.29, 0.717) is 0 Å². The third kappa shape index (κ3) is 3.78. The van der Waals surface area contributed by atoms with Crippen LogP contribution in [0.25, 0.3) is 11.2 Å². The molecule has 16 nitrogen and oxygen atoms in total. The second kappa shape index (κ2) is 7.88. The number of nitrogens with two attached hydrogens (primary N) is 1. The van der Waals surface area contributed by atoms with Crippen molar-refractivity contribution in [3.05, 3.63) is 24.8 Å². The summed E-state index contributed by atoms with van der Waals surface area (Å²) in [6, 6.07) is -1.54. The predicted octanol–water partition coefficient (Wildman–Crippen LogP) is -3.08. The number of imidazole rings is 1. The molecule has 0 radical (unpaired) electrons. The molecule has 4 amide bonds. The monoisotopic (exact) mass is 469 g/mol. The Morgan fingerprint density at radius 1 is 1.19 bits per heavy atom. The first-order chi connectivity index (χ1) is 15.1. The molecule has 2 aromatic rings. The van der Waals surface area contributed by atoms with Gasteiger partial charge in [-0.15, -0.1) is 0 Å². The van der Waals surface area contributed by atoms with Gasteiger partial charge in [-0.2, -0.15) is 13.3 Å². The van der Waals surface area contributed by atoms with Gasteiger partial charge in [0.25, 0.3) is 11.8 Å². The Hall–Kier alpha value is -3.51. The number of imide groups is 3. The SMILES string of the molecule is Nc1ncnc2c1ncn2[C@@H]1O[C@H](COS(=O)(=O)NC(=O)N2C(=O)C=CC2=O)[C@@H](O)[C@H]1O. The van der Waals surface area contributed by atoms with E-state index in [1.807, 2.05) is 0 Å². The van der Waals surface area contributed by atoms with Gasteiger partial charge in [0.05, 0.1) is 12.9 Å². The Labute approximate surface area is 178 Å². The maximum absolute atomic E-state index is 12.0. The number of nitrogen functional groups attached to an aromatic ring is 1. The molecule has 0 saturated carbocycles. The quantitative estimate of drug-likeness (QED) is 0.319. The maximum Gasteiger partial charge on any atom is 0.363 e. The molecule has 0 unspecified atom stereocenters. The van der Waals surface area contributed by atoms with Crippen LogP contribution in [-0.4, -0.2) is 85.8 Å². The minimum absolute atomic E-state index is 0.0549. The Bertz CT molecular complexity index is 1230. The highest BCUT2D eigenvalue weighted by Gasteiger charge is 2.45. The number of nitrogens with zero attached hydrogens (tertiary/aromatic N) is 5. The van der Waals surface area contributed by atoms with Gasteiger partial charge in [0.1, 0.15) is 30.2 Å². The summed E-state index contributed by atoms with van der Waals surface area (Å²) >= 11 is 0. The highest BCUT2D eigenvalue weighted by atomic mass is 32.2. The van der Waals surface area contributed by atoms with Crippen LogP contribution in [0, 0.1) is 0 Å². The van der Waals surface area contributed by atoms with E-state index >= 15 is 0 Å². The number of aliphatic hydroxyl groups is 2. The van der Waals surface area contributed by atoms with Crippen LogP contribution in [0.5, 0.6) is 0 Å². The first kappa shape index (κ1) is 21.7. The lowest BCUT2D eigenvalue weighted by Crippen LogP contribution is -2.47. The van der Waals surface area contributed by atoms with E-state index in [1.165, 1.54) is 15.6 Å². The van der Waals surface area contributed by atoms with E-state index in [9.17, 15) is 33.0 Å². The van der Waals surface area contributed by atoms with Crippen molar-refractivity contribution in [2.75, 3.05) is 12.3 Å². The number of urea groups is 1. The van der Waals surface area contributed by atoms with Crippen molar-refractivity contribution in [1.82, 2.24) is 29.1 Å². The van der Waals surface area contributed by atoms with Gasteiger partial charge >= 0.3 is 16.3 Å². The summed E-state index contributed by atoms with van der Waals surface area (Å²) in [5.41, 5.74) is 6.13. The van der Waals surface area contributed by atoms with Gasteiger partial charge in [0.15, 0.2) is 17.7 Å². The molecule has 0 spiro atoms. The van der Waals surface area contributed by atoms with Crippen LogP contribution < -0.4 is 10.5 Å². The highest BCUT2D eigenvalue weighted by Crippen LogP contribution is 2.32. The zero-order chi connectivity index (χ0) is 23.2. The number of amides is 4. The molecule has 1 saturated heterocycles. The number of carbonyl (C=O) groups excluding carboxylic acids is 3. The van der Waals surface area contributed by atoms with E-state index < -0.39 is 59.3 Å². The van der Waals surface area contributed by atoms with E-state index in [-0.39, 0.29) is 21.9 Å². The Kier molecular flexibility index (Phi) is 5.34. The van der Waals surface area contributed by atoms with Crippen LogP contribution in [0.4, 0.5) is 10.6 Å². The summed E-state index contributed by atoms with van der Waals surface area (Å²) in [4.78, 5) is 46.6. The summed E-state index contributed by atoms with van der Waals surface area (Å²) in [6.45, 7) is -0.818. The number of ether oxygens (including phenoxy) is 1. The van der Waals surface area contributed by atoms with Crippen LogP contribution in [0.2, 0.25) is 0 Å². The fraction of sp³-hybridized carbons (Fsp3) is 0.333. The number of nitrogens with one attached hydrogen (secondary N) is 1. The van der Waals surface area contributed by atoms with E-state index in [1.54, 1.807) is 0 Å². The number of aliphatic hydroxyl groups excluding tert-OH is 2. The number of rotatable bonds is 5. The molecule has 17 heteroatoms. The van der Waals surface area contributed by atoms with E-state index in [4.69, 9.17) is 10.5 Å². The molecule has 2 aromatic heterocycles. The van der Waals surface area contributed by atoms with Crippen LogP contribution in [-0.2, 0) is 28.8 Å². The number of aromatic nitrogens is 4. The molecule has 32 heavy (non-hydrogen) atoms. The van der Waals surface area contributed by atoms with Gasteiger partial charge in [-0.25, -0.2) is 24.5 Å². The van der Waals surface area contributed by atoms with Crippen LogP contribution in [0.15, 0.2) is 24.8 Å². The lowest BCUT2D eigenvalue weighted by molar-refractivity contribution is -0.133. The minimum atomic E-state index is -4.81. The molecule has 4 heterocycles. The van der Waals surface area contributed by atoms with Gasteiger partial charge in [-0.1, -0.05) is 0 Å². The molecule has 4 atom stereocenters. The number of anilines is 1. The average Bonchev–Trinajstić information content (AvgIpc) is 3.38. The van der Waals surface area contributed by atoms with Gasteiger partial charge in [-0.3, -0.25) is 18.3 Å². The second-order valence-corrected chi connectivity index (χ2v) is 7.97. The second-order valence-electron chi connectivity index (χ2n) is 6.62. The molecule has 0 bridgehead atoms. The topological polar surface area (TPSA) is 229 Å². The lowest BCUT2D eigenvalue weighted by Gasteiger charge is -2.17. The van der Waals surface area contributed by atoms with Gasteiger partial charge < -0.3 is 20.7 Å². The molecule has 5 N–H and O–H groups in total. The number of hydrogen-bond acceptors (Lipinski definition) is 13. The van der Waals surface area contributed by atoms with E-state index in [2.05, 4.69) is 19.1 Å². The Balaban J connectivity index is 1.42. The molecule has 0 aromatic carbocycles. The summed E-state index contributed by atoms with van der Waals surface area (Å²) in [5.74, 6) is -1.98. The number of hydrogen-bond donors (Lipinski definition) is 4. The van der Waals surface area contributed by atoms with Crippen molar-refractivity contribution in [2.24, 2.45) is 0 Å². The van der Waals surface area contributed by atoms with Gasteiger partial charge in [0, 0.05) is 12.2 Å². The third-order valence-electron chi connectivity index (χ3n) is 4.61. The largest absolute Gasteiger partial charge is 0.387 e. The minimum Gasteiger partial charge on any atom is -0.387 e. The molecular weight excluding hydrogens is 454 g/mol. The molecule has 2 aliphatic rings. The van der Waals surface area contributed by atoms with Crippen LogP contribution >= 0.6 is 0 Å². The fourth-order valence-electron chi connectivity index (χ4n) is 3.09. The zero-order valence-corrected chi connectivity index (χ0v) is 16.6. The molecular formula is C15H15N7O9S. The van der Waals surface area contributed by atoms with E-state index in [0.717, 1.165) is 18.5 Å². The summed E-state index contributed by atoms with van der Waals surface area (Å²) in [6.07, 6.45) is -1.70. The van der Waals surface area contributed by atoms with Crippen LogP contribution in [0.3, 0.4) is 0 Å². The summed E-state index contributed by atoms with van der Waals surface area (Å²) in [5, 5.41) is 20.6. The number of fused-ring (bicyclic) bond motifs is 1. The Morgan fingerprint density at radius 2 is 1.88 bits per heavy atom. The van der Waals surface area contributed by atoms with Crippen molar-refractivity contribution in [2.45, 2.75) is 24.5 Å². The standard InChI is InChI=1S/C15H15N7O9S/c16-12-9-13(18-4-17-12)21(5-19-9)14-11(26)10(25)6(31-14)3-30-32(28,29)20-15(27)22-7(23)1-2-8(22)24/h1-2,4-6,10-11,14,25-26H,3H2,(H,20,27)(H2,16,17,18)/t6-,10-,11-,14-/m1/s1. The van der Waals surface area contributed by atoms with Crippen molar-refractivity contribution in [3.63, 3.8) is 0 Å². The highest BCUT2D eigenvalue weighted by molar-refractivity contribution is 7.85. The molecule has 1 fully saturated rings. The first-order valence-electron chi connectivity index (χ1n) is 8.81. The Morgan fingerprint density at radius 3 is 2.56 bits per heavy atom. The van der Waals surface area contributed by atoms with Crippen LogP contribution in [0.1, 0.15) is 6.23 Å². The molecule has 170 valence electrons. The van der Waals surface area contributed by atoms with Crippen molar-refractivity contribution in [3.8, 4) is 0 Å². The first-order valence-corrected chi connectivity index (χ1v) is 10.2. The summed E-state index contributed by atoms with van der Waals surface area (Å²) in [7, 11) is -4.81. The molecule has 2 aliphatic heterocycles. The lowest BCUT2D eigenvalue weighted by atomic mass is 10.1. The van der Waals surface area contributed by atoms with Crippen molar-refractivity contribution >= 4 is 45.1 Å². The smallest absolute Gasteiger partial charge is 0.363 e. The van der Waals surface area contributed by atoms with Crippen molar-refractivity contribution in [1.29, 1.82) is 0 Å². The third-order valence-corrected chi connectivity index (χ3v) is 5.48. The fourth-order valence-corrected chi connectivity index (χ4v) is 3.77. The van der Waals surface area contributed by atoms with Gasteiger partial charge in [0.2, 0.25) is 0 Å². The summed E-state index contributed by atoms with van der Waals surface area (Å²) < 4.78 is 36.8. The maximum atomic E-state index is 12.0. The van der Waals surface area contributed by atoms with Gasteiger partial charge in [-0.05, 0) is 0 Å².